The number of ether oxygens (including phenoxy) is 2. The number of nitrogens with zero attached hydrogens (tertiary/aromatic N) is 2. The summed E-state index contributed by atoms with van der Waals surface area (Å²) >= 11 is 0. The molecule has 0 radical (unpaired) electrons. The van der Waals surface area contributed by atoms with E-state index in [1.807, 2.05) is 0 Å². The van der Waals surface area contributed by atoms with Gasteiger partial charge in [0.15, 0.2) is 17.3 Å². The summed E-state index contributed by atoms with van der Waals surface area (Å²) in [6.45, 7) is 0. The van der Waals surface area contributed by atoms with Crippen molar-refractivity contribution in [1.82, 2.24) is 9.97 Å². The minimum atomic E-state index is -2.03. The van der Waals surface area contributed by atoms with E-state index in [-0.39, 0.29) is 28.5 Å². The molecule has 1 aromatic heterocycles. The maximum Gasteiger partial charge on any atom is 0.413 e. The number of hydrogen-bond acceptors (Lipinski definition) is 6. The van der Waals surface area contributed by atoms with Gasteiger partial charge in [-0.1, -0.05) is 30.3 Å². The Morgan fingerprint density at radius 1 is 1.15 bits per heavy atom. The predicted octanol–water partition coefficient (Wildman–Crippen LogP) is 3.74. The number of aromatic amines is 1. The summed E-state index contributed by atoms with van der Waals surface area (Å²) in [5, 5.41) is 14.5. The molecule has 1 aliphatic rings. The molecule has 1 atom stereocenters. The Balaban J connectivity index is 1.70. The van der Waals surface area contributed by atoms with Crippen LogP contribution in [0, 0.1) is 5.82 Å². The van der Waals surface area contributed by atoms with Gasteiger partial charge in [0.05, 0.1) is 30.9 Å². The normalized spacial score (nSPS) is 17.1. The Hall–Kier alpha value is -4.44. The average Bonchev–Trinajstić information content (AvgIpc) is 3.35. The summed E-state index contributed by atoms with van der Waals surface area (Å²) in [7, 11) is 2.55. The second kappa shape index (κ2) is 7.85. The Morgan fingerprint density at radius 3 is 2.71 bits per heavy atom. The molecule has 0 fully saturated rings. The van der Waals surface area contributed by atoms with Gasteiger partial charge in [-0.05, 0) is 30.3 Å². The lowest BCUT2D eigenvalue weighted by Gasteiger charge is -2.35. The number of nitrogens with one attached hydrogen (secondary N) is 2. The third kappa shape index (κ3) is 3.07. The van der Waals surface area contributed by atoms with E-state index < -0.39 is 23.5 Å². The van der Waals surface area contributed by atoms with Crippen molar-refractivity contribution in [1.29, 1.82) is 0 Å². The van der Waals surface area contributed by atoms with Crippen LogP contribution in [0.5, 0.6) is 5.75 Å². The number of halogens is 1. The fraction of sp³-hybridized carbons (Fsp3) is 0.125. The fourth-order valence-corrected chi connectivity index (χ4v) is 4.19. The topological polar surface area (TPSA) is 117 Å². The SMILES string of the molecule is COC(=O)Nc1nc2ccc(C3(O)c4ccccc4C(=O)N3c3cccc(OC)c3F)cc2[nH]1. The number of benzene rings is 3. The van der Waals surface area contributed by atoms with Crippen LogP contribution in [-0.2, 0) is 10.5 Å². The number of methoxy groups -OCH3 is 2. The number of aliphatic hydroxyl groups is 1. The van der Waals surface area contributed by atoms with Crippen LogP contribution in [0.3, 0.4) is 0 Å². The molecular weight excluding hydrogens is 443 g/mol. The molecular formula is C24H19FN4O5. The van der Waals surface area contributed by atoms with Crippen LogP contribution >= 0.6 is 0 Å². The summed E-state index contributed by atoms with van der Waals surface area (Å²) in [4.78, 5) is 33.2. The van der Waals surface area contributed by atoms with Crippen molar-refractivity contribution in [2.45, 2.75) is 5.72 Å². The second-order valence-corrected chi connectivity index (χ2v) is 7.59. The molecule has 9 nitrogen and oxygen atoms in total. The highest BCUT2D eigenvalue weighted by molar-refractivity contribution is 6.12. The number of carbonyl (C=O) groups excluding carboxylic acids is 2. The number of hydrogen-bond donors (Lipinski definition) is 3. The van der Waals surface area contributed by atoms with Crippen molar-refractivity contribution < 1.29 is 28.6 Å². The Morgan fingerprint density at radius 2 is 1.94 bits per heavy atom. The van der Waals surface area contributed by atoms with E-state index in [0.717, 1.165) is 4.90 Å². The van der Waals surface area contributed by atoms with Gasteiger partial charge in [-0.3, -0.25) is 15.0 Å². The number of H-pyrrole nitrogens is 1. The molecule has 34 heavy (non-hydrogen) atoms. The van der Waals surface area contributed by atoms with Crippen molar-refractivity contribution in [3.05, 3.63) is 83.2 Å². The van der Waals surface area contributed by atoms with Crippen molar-refractivity contribution >= 4 is 34.7 Å². The molecule has 1 aliphatic heterocycles. The van der Waals surface area contributed by atoms with Gasteiger partial charge in [0.1, 0.15) is 0 Å². The van der Waals surface area contributed by atoms with E-state index in [9.17, 15) is 14.7 Å². The Kier molecular flexibility index (Phi) is 4.94. The van der Waals surface area contributed by atoms with Gasteiger partial charge in [-0.2, -0.15) is 0 Å². The molecule has 3 aromatic carbocycles. The van der Waals surface area contributed by atoms with Gasteiger partial charge in [0.2, 0.25) is 5.95 Å². The lowest BCUT2D eigenvalue weighted by molar-refractivity contribution is 0.0698. The third-order valence-corrected chi connectivity index (χ3v) is 5.75. The number of rotatable bonds is 4. The lowest BCUT2D eigenvalue weighted by Crippen LogP contribution is -2.45. The van der Waals surface area contributed by atoms with Gasteiger partial charge >= 0.3 is 6.09 Å². The Bertz CT molecular complexity index is 1450. The first-order valence-corrected chi connectivity index (χ1v) is 10.2. The van der Waals surface area contributed by atoms with Crippen LogP contribution in [0.25, 0.3) is 11.0 Å². The quantitative estimate of drug-likeness (QED) is 0.425. The molecule has 0 saturated heterocycles. The molecule has 10 heteroatoms. The number of amides is 2. The summed E-state index contributed by atoms with van der Waals surface area (Å²) < 4.78 is 24.9. The van der Waals surface area contributed by atoms with E-state index in [1.165, 1.54) is 32.4 Å². The van der Waals surface area contributed by atoms with Gasteiger partial charge in [0.25, 0.3) is 5.91 Å². The van der Waals surface area contributed by atoms with Crippen molar-refractivity contribution in [2.75, 3.05) is 24.4 Å². The molecule has 1 unspecified atom stereocenters. The first-order chi connectivity index (χ1) is 16.4. The first-order valence-electron chi connectivity index (χ1n) is 10.2. The molecule has 0 aliphatic carbocycles. The summed E-state index contributed by atoms with van der Waals surface area (Å²) in [6.07, 6.45) is -0.701. The van der Waals surface area contributed by atoms with E-state index >= 15 is 4.39 Å². The van der Waals surface area contributed by atoms with Crippen molar-refractivity contribution in [3.63, 3.8) is 0 Å². The van der Waals surface area contributed by atoms with Crippen LogP contribution in [0.2, 0.25) is 0 Å². The zero-order chi connectivity index (χ0) is 24.0. The van der Waals surface area contributed by atoms with Gasteiger partial charge in [0, 0.05) is 16.7 Å². The maximum atomic E-state index is 15.3. The minimum Gasteiger partial charge on any atom is -0.494 e. The van der Waals surface area contributed by atoms with Crippen LogP contribution in [0.1, 0.15) is 21.5 Å². The molecule has 4 aromatic rings. The van der Waals surface area contributed by atoms with E-state index in [1.54, 1.807) is 42.5 Å². The first kappa shape index (κ1) is 21.4. The second-order valence-electron chi connectivity index (χ2n) is 7.59. The molecule has 3 N–H and O–H groups in total. The van der Waals surface area contributed by atoms with Crippen LogP contribution in [-0.4, -0.2) is 41.3 Å². The highest BCUT2D eigenvalue weighted by atomic mass is 19.1. The predicted molar refractivity (Wildman–Crippen MR) is 121 cm³/mol. The Labute approximate surface area is 192 Å². The number of anilines is 2. The zero-order valence-electron chi connectivity index (χ0n) is 18.1. The highest BCUT2D eigenvalue weighted by Crippen LogP contribution is 2.46. The highest BCUT2D eigenvalue weighted by Gasteiger charge is 2.51. The number of carbonyl (C=O) groups is 2. The van der Waals surface area contributed by atoms with E-state index in [0.29, 0.717) is 16.6 Å². The molecule has 0 spiro atoms. The number of imidazole rings is 1. The average molecular weight is 462 g/mol. The molecule has 2 heterocycles. The standard InChI is InChI=1S/C24H19FN4O5/c1-33-19-9-5-8-18(20(19)25)29-21(30)14-6-3-4-7-15(14)24(29,32)13-10-11-16-17(12-13)27-22(26-16)28-23(31)34-2/h3-12,32H,1-2H3,(H2,26,27,28,31). The number of fused-ring (bicyclic) bond motifs is 2. The smallest absolute Gasteiger partial charge is 0.413 e. The lowest BCUT2D eigenvalue weighted by atomic mass is 9.93. The van der Waals surface area contributed by atoms with Crippen LogP contribution in [0.4, 0.5) is 20.8 Å². The minimum absolute atomic E-state index is 0.0637. The molecule has 5 rings (SSSR count). The summed E-state index contributed by atoms with van der Waals surface area (Å²) in [5.74, 6) is -1.27. The third-order valence-electron chi connectivity index (χ3n) is 5.75. The monoisotopic (exact) mass is 462 g/mol. The van der Waals surface area contributed by atoms with Gasteiger partial charge in [-0.15, -0.1) is 0 Å². The van der Waals surface area contributed by atoms with E-state index in [2.05, 4.69) is 20.0 Å². The maximum absolute atomic E-state index is 15.3. The van der Waals surface area contributed by atoms with Crippen molar-refractivity contribution in [3.8, 4) is 5.75 Å². The van der Waals surface area contributed by atoms with Crippen molar-refractivity contribution in [2.24, 2.45) is 0 Å². The molecule has 0 saturated carbocycles. The molecule has 2 amide bonds. The largest absolute Gasteiger partial charge is 0.494 e. The molecule has 0 bridgehead atoms. The zero-order valence-corrected chi connectivity index (χ0v) is 18.1. The van der Waals surface area contributed by atoms with E-state index in [4.69, 9.17) is 4.74 Å². The van der Waals surface area contributed by atoms with Gasteiger partial charge in [-0.25, -0.2) is 14.2 Å². The summed E-state index contributed by atoms with van der Waals surface area (Å²) in [6, 6.07) is 15.7. The molecule has 172 valence electrons. The van der Waals surface area contributed by atoms with Crippen LogP contribution < -0.4 is 15.0 Å². The number of aromatic nitrogens is 2. The van der Waals surface area contributed by atoms with Gasteiger partial charge < -0.3 is 19.6 Å². The van der Waals surface area contributed by atoms with Crippen LogP contribution in [0.15, 0.2) is 60.7 Å². The summed E-state index contributed by atoms with van der Waals surface area (Å²) in [5.41, 5.74) is -0.375. The fourth-order valence-electron chi connectivity index (χ4n) is 4.19.